The fourth-order valence-electron chi connectivity index (χ4n) is 2.34. The molecular weight excluding hydrogens is 318 g/mol. The van der Waals surface area contributed by atoms with E-state index in [0.717, 1.165) is 22.8 Å². The first-order valence-corrected chi connectivity index (χ1v) is 7.76. The molecule has 8 nitrogen and oxygen atoms in total. The second-order valence-electron chi connectivity index (χ2n) is 5.54. The van der Waals surface area contributed by atoms with Gasteiger partial charge in [-0.05, 0) is 31.5 Å². The molecule has 0 aliphatic carbocycles. The average molecular weight is 337 g/mol. The second-order valence-corrected chi connectivity index (χ2v) is 5.54. The SMILES string of the molecule is CNc1cc(C)nc(Nc2ccc(C)c(C(=O)Nc3cnc[nH]3)c2)n1. The predicted molar refractivity (Wildman–Crippen MR) is 97.3 cm³/mol. The summed E-state index contributed by atoms with van der Waals surface area (Å²) < 4.78 is 0. The monoisotopic (exact) mass is 337 g/mol. The van der Waals surface area contributed by atoms with Crippen LogP contribution in [0, 0.1) is 13.8 Å². The number of anilines is 4. The minimum absolute atomic E-state index is 0.216. The lowest BCUT2D eigenvalue weighted by Crippen LogP contribution is -2.14. The number of nitrogens with one attached hydrogen (secondary N) is 4. The third-order valence-corrected chi connectivity index (χ3v) is 3.60. The maximum absolute atomic E-state index is 12.5. The van der Waals surface area contributed by atoms with E-state index < -0.39 is 0 Å². The molecule has 0 saturated heterocycles. The molecule has 0 aliphatic rings. The van der Waals surface area contributed by atoms with Crippen molar-refractivity contribution >= 4 is 29.2 Å². The van der Waals surface area contributed by atoms with Crippen molar-refractivity contribution in [1.29, 1.82) is 0 Å². The number of carbonyl (C=O) groups excluding carboxylic acids is 1. The van der Waals surface area contributed by atoms with E-state index in [1.807, 2.05) is 32.0 Å². The average Bonchev–Trinajstić information content (AvgIpc) is 3.09. The molecule has 0 spiro atoms. The fourth-order valence-corrected chi connectivity index (χ4v) is 2.34. The van der Waals surface area contributed by atoms with Crippen molar-refractivity contribution in [1.82, 2.24) is 19.9 Å². The molecular formula is C17H19N7O. The van der Waals surface area contributed by atoms with E-state index in [2.05, 4.69) is 35.9 Å². The smallest absolute Gasteiger partial charge is 0.257 e. The first kappa shape index (κ1) is 16.4. The van der Waals surface area contributed by atoms with Gasteiger partial charge in [-0.2, -0.15) is 4.98 Å². The summed E-state index contributed by atoms with van der Waals surface area (Å²) in [6.45, 7) is 3.78. The van der Waals surface area contributed by atoms with Crippen LogP contribution in [0.15, 0.2) is 36.8 Å². The van der Waals surface area contributed by atoms with Crippen LogP contribution in [0.3, 0.4) is 0 Å². The summed E-state index contributed by atoms with van der Waals surface area (Å²) in [4.78, 5) is 27.9. The first-order valence-electron chi connectivity index (χ1n) is 7.76. The zero-order valence-corrected chi connectivity index (χ0v) is 14.2. The summed E-state index contributed by atoms with van der Waals surface area (Å²) in [5.41, 5.74) is 2.99. The Morgan fingerprint density at radius 1 is 1.16 bits per heavy atom. The van der Waals surface area contributed by atoms with Crippen molar-refractivity contribution in [2.24, 2.45) is 0 Å². The highest BCUT2D eigenvalue weighted by atomic mass is 16.1. The predicted octanol–water partition coefficient (Wildman–Crippen LogP) is 2.85. The minimum atomic E-state index is -0.216. The number of aromatic amines is 1. The highest BCUT2D eigenvalue weighted by Crippen LogP contribution is 2.20. The number of hydrogen-bond acceptors (Lipinski definition) is 6. The Labute approximate surface area is 145 Å². The Bertz CT molecular complexity index is 890. The highest BCUT2D eigenvalue weighted by molar-refractivity contribution is 6.05. The number of hydrogen-bond donors (Lipinski definition) is 4. The molecule has 0 radical (unpaired) electrons. The number of H-pyrrole nitrogens is 1. The third-order valence-electron chi connectivity index (χ3n) is 3.60. The van der Waals surface area contributed by atoms with E-state index in [4.69, 9.17) is 0 Å². The van der Waals surface area contributed by atoms with Crippen molar-refractivity contribution in [3.63, 3.8) is 0 Å². The molecule has 1 amide bonds. The van der Waals surface area contributed by atoms with E-state index >= 15 is 0 Å². The summed E-state index contributed by atoms with van der Waals surface area (Å²) in [6, 6.07) is 7.38. The number of nitrogens with zero attached hydrogens (tertiary/aromatic N) is 3. The summed E-state index contributed by atoms with van der Waals surface area (Å²) in [5.74, 6) is 1.52. The molecule has 0 fully saturated rings. The van der Waals surface area contributed by atoms with Crippen molar-refractivity contribution in [2.45, 2.75) is 13.8 Å². The van der Waals surface area contributed by atoms with Gasteiger partial charge < -0.3 is 20.9 Å². The van der Waals surface area contributed by atoms with Gasteiger partial charge in [0, 0.05) is 30.1 Å². The molecule has 4 N–H and O–H groups in total. The molecule has 0 aliphatic heterocycles. The molecule has 1 aromatic carbocycles. The summed E-state index contributed by atoms with van der Waals surface area (Å²) in [6.07, 6.45) is 3.06. The molecule has 2 aromatic heterocycles. The number of amides is 1. The van der Waals surface area contributed by atoms with Gasteiger partial charge in [-0.25, -0.2) is 9.97 Å². The van der Waals surface area contributed by atoms with Crippen LogP contribution < -0.4 is 16.0 Å². The highest BCUT2D eigenvalue weighted by Gasteiger charge is 2.12. The molecule has 25 heavy (non-hydrogen) atoms. The number of carbonyl (C=O) groups is 1. The Kier molecular flexibility index (Phi) is 4.60. The maximum atomic E-state index is 12.5. The van der Waals surface area contributed by atoms with Gasteiger partial charge in [0.25, 0.3) is 5.91 Å². The van der Waals surface area contributed by atoms with Gasteiger partial charge in [0.15, 0.2) is 0 Å². The largest absolute Gasteiger partial charge is 0.373 e. The van der Waals surface area contributed by atoms with Crippen molar-refractivity contribution in [2.75, 3.05) is 23.0 Å². The van der Waals surface area contributed by atoms with Gasteiger partial charge in [0.2, 0.25) is 5.95 Å². The zero-order valence-electron chi connectivity index (χ0n) is 14.2. The Hall–Kier alpha value is -3.42. The lowest BCUT2D eigenvalue weighted by molar-refractivity contribution is 0.102. The van der Waals surface area contributed by atoms with Crippen molar-refractivity contribution < 1.29 is 4.79 Å². The van der Waals surface area contributed by atoms with Crippen LogP contribution in [0.4, 0.5) is 23.3 Å². The lowest BCUT2D eigenvalue weighted by Gasteiger charge is -2.11. The first-order chi connectivity index (χ1) is 12.0. The Morgan fingerprint density at radius 3 is 2.72 bits per heavy atom. The van der Waals surface area contributed by atoms with E-state index in [0.29, 0.717) is 17.3 Å². The lowest BCUT2D eigenvalue weighted by atomic mass is 10.1. The van der Waals surface area contributed by atoms with Crippen LogP contribution in [-0.2, 0) is 0 Å². The normalized spacial score (nSPS) is 10.4. The van der Waals surface area contributed by atoms with Gasteiger partial charge in [-0.15, -0.1) is 0 Å². The van der Waals surface area contributed by atoms with Gasteiger partial charge in [-0.1, -0.05) is 6.07 Å². The molecule has 8 heteroatoms. The molecule has 0 saturated carbocycles. The van der Waals surface area contributed by atoms with Crippen LogP contribution in [0.1, 0.15) is 21.6 Å². The van der Waals surface area contributed by atoms with Crippen LogP contribution in [0.5, 0.6) is 0 Å². The maximum Gasteiger partial charge on any atom is 0.257 e. The van der Waals surface area contributed by atoms with E-state index in [1.54, 1.807) is 19.3 Å². The molecule has 0 bridgehead atoms. The quantitative estimate of drug-likeness (QED) is 0.570. The van der Waals surface area contributed by atoms with Crippen LogP contribution in [-0.4, -0.2) is 32.9 Å². The third kappa shape index (κ3) is 3.92. The number of aryl methyl sites for hydroxylation is 2. The van der Waals surface area contributed by atoms with Gasteiger partial charge >= 0.3 is 0 Å². The van der Waals surface area contributed by atoms with Crippen LogP contribution in [0.2, 0.25) is 0 Å². The summed E-state index contributed by atoms with van der Waals surface area (Å²) >= 11 is 0. The second kappa shape index (κ2) is 7.00. The van der Waals surface area contributed by atoms with Crippen LogP contribution in [0.25, 0.3) is 0 Å². The molecule has 3 rings (SSSR count). The zero-order chi connectivity index (χ0) is 17.8. The molecule has 3 aromatic rings. The van der Waals surface area contributed by atoms with E-state index in [9.17, 15) is 4.79 Å². The van der Waals surface area contributed by atoms with Gasteiger partial charge in [0.05, 0.1) is 12.5 Å². The summed E-state index contributed by atoms with van der Waals surface area (Å²) in [7, 11) is 1.80. The standard InChI is InChI=1S/C17H19N7O/c1-10-4-5-12(22-17-21-11(2)6-14(18-3)24-17)7-13(10)16(25)23-15-8-19-9-20-15/h4-9H,1-3H3,(H,19,20)(H,23,25)(H2,18,21,22,24). The van der Waals surface area contributed by atoms with Crippen molar-refractivity contribution in [3.8, 4) is 0 Å². The Balaban J connectivity index is 1.84. The number of rotatable bonds is 5. The molecule has 0 atom stereocenters. The van der Waals surface area contributed by atoms with Gasteiger partial charge in [0.1, 0.15) is 11.6 Å². The molecule has 2 heterocycles. The van der Waals surface area contributed by atoms with E-state index in [1.165, 1.54) is 6.33 Å². The van der Waals surface area contributed by atoms with Crippen LogP contribution >= 0.6 is 0 Å². The topological polar surface area (TPSA) is 108 Å². The summed E-state index contributed by atoms with van der Waals surface area (Å²) in [5, 5.41) is 8.90. The van der Waals surface area contributed by atoms with Crippen molar-refractivity contribution in [3.05, 3.63) is 53.6 Å². The minimum Gasteiger partial charge on any atom is -0.373 e. The van der Waals surface area contributed by atoms with Gasteiger partial charge in [-0.3, -0.25) is 4.79 Å². The number of aromatic nitrogens is 4. The van der Waals surface area contributed by atoms with E-state index in [-0.39, 0.29) is 5.91 Å². The molecule has 128 valence electrons. The number of imidazole rings is 1. The Morgan fingerprint density at radius 2 is 2.00 bits per heavy atom. The molecule has 0 unspecified atom stereocenters. The number of benzene rings is 1. The fraction of sp³-hybridized carbons (Fsp3) is 0.176.